The van der Waals surface area contributed by atoms with Gasteiger partial charge in [-0.05, 0) is 66.4 Å². The van der Waals surface area contributed by atoms with Gasteiger partial charge in [0.2, 0.25) is 0 Å². The second kappa shape index (κ2) is 11.4. The molecule has 3 N–H and O–H groups in total. The number of hydrogen-bond donors (Lipinski definition) is 2. The van der Waals surface area contributed by atoms with Gasteiger partial charge >= 0.3 is 10.1 Å². The van der Waals surface area contributed by atoms with Crippen LogP contribution in [0.2, 0.25) is 0 Å². The van der Waals surface area contributed by atoms with E-state index < -0.39 is 26.9 Å². The highest BCUT2D eigenvalue weighted by atomic mass is 32.2. The summed E-state index contributed by atoms with van der Waals surface area (Å²) in [5.41, 5.74) is 9.13. The molecular formula is C29H32N4O6S. The number of carboxylic acids is 1. The first-order chi connectivity index (χ1) is 19.0. The first-order valence-corrected chi connectivity index (χ1v) is 14.1. The highest BCUT2D eigenvalue weighted by Crippen LogP contribution is 2.43. The summed E-state index contributed by atoms with van der Waals surface area (Å²) >= 11 is 0. The number of fused-ring (bicyclic) bond motifs is 1. The maximum Gasteiger partial charge on any atom is 0.311 e. The van der Waals surface area contributed by atoms with Crippen LogP contribution in [0.15, 0.2) is 82.8 Å². The molecule has 1 atom stereocenters. The molecule has 3 aromatic rings. The normalized spacial score (nSPS) is 17.9. The van der Waals surface area contributed by atoms with E-state index in [1.54, 1.807) is 33.1 Å². The van der Waals surface area contributed by atoms with Crippen LogP contribution in [0.1, 0.15) is 31.9 Å². The first-order valence-electron chi connectivity index (χ1n) is 12.6. The van der Waals surface area contributed by atoms with Crippen molar-refractivity contribution in [3.63, 3.8) is 0 Å². The van der Waals surface area contributed by atoms with Crippen molar-refractivity contribution in [2.75, 3.05) is 20.2 Å². The number of guanidine groups is 1. The quantitative estimate of drug-likeness (QED) is 0.412. The predicted octanol–water partition coefficient (Wildman–Crippen LogP) is 3.86. The minimum absolute atomic E-state index is 0.243. The van der Waals surface area contributed by atoms with E-state index in [1.807, 2.05) is 59.5 Å². The fourth-order valence-electron chi connectivity index (χ4n) is 4.52. The van der Waals surface area contributed by atoms with Crippen molar-refractivity contribution < 1.29 is 27.2 Å². The van der Waals surface area contributed by atoms with Crippen LogP contribution in [0.25, 0.3) is 11.1 Å². The van der Waals surface area contributed by atoms with E-state index in [2.05, 4.69) is 6.07 Å². The second-order valence-corrected chi connectivity index (χ2v) is 11.6. The maximum atomic E-state index is 12.2. The lowest BCUT2D eigenvalue weighted by Crippen LogP contribution is -2.41. The number of benzene rings is 3. The van der Waals surface area contributed by atoms with Gasteiger partial charge in [0.15, 0.2) is 11.5 Å². The van der Waals surface area contributed by atoms with Crippen LogP contribution in [-0.4, -0.2) is 61.6 Å². The third-order valence-electron chi connectivity index (χ3n) is 6.47. The third kappa shape index (κ3) is 5.64. The van der Waals surface area contributed by atoms with E-state index in [0.29, 0.717) is 19.0 Å². The molecule has 0 saturated heterocycles. The molecule has 0 fully saturated rings. The van der Waals surface area contributed by atoms with Crippen LogP contribution in [0.3, 0.4) is 0 Å². The first kappa shape index (κ1) is 28.6. The van der Waals surface area contributed by atoms with E-state index in [0.717, 1.165) is 40.8 Å². The third-order valence-corrected chi connectivity index (χ3v) is 8.05. The monoisotopic (exact) mass is 564 g/mol. The van der Waals surface area contributed by atoms with E-state index in [9.17, 15) is 8.42 Å². The molecule has 0 aliphatic carbocycles. The Labute approximate surface area is 233 Å². The van der Waals surface area contributed by atoms with Crippen LogP contribution in [0, 0.1) is 0 Å². The van der Waals surface area contributed by atoms with E-state index >= 15 is 0 Å². The Balaban J connectivity index is 0.000000867. The Morgan fingerprint density at radius 1 is 1.00 bits per heavy atom. The number of nitrogens with two attached hydrogens (primary N) is 1. The standard InChI is InChI=1S/C27H28N4O4S.C2H4O2/c1-18(2)36(32,33)35-23-12-10-21(11-13-23)27(25-29-14-15-31(25)26(28)30-27)22-8-4-6-19(16-22)20-7-5-9-24(17-20)34-3;1-2(3)4/h4-13,16-18H,14-15H2,1-3H3,(H2,28,30);1H3,(H,3,4). The van der Waals surface area contributed by atoms with Gasteiger partial charge in [-0.25, -0.2) is 4.99 Å². The van der Waals surface area contributed by atoms with Crippen molar-refractivity contribution in [2.45, 2.75) is 31.6 Å². The molecule has 0 aromatic heterocycles. The number of rotatable bonds is 7. The molecule has 0 saturated carbocycles. The van der Waals surface area contributed by atoms with Gasteiger partial charge in [-0.3, -0.25) is 14.7 Å². The molecule has 0 spiro atoms. The molecule has 0 amide bonds. The zero-order valence-electron chi connectivity index (χ0n) is 22.7. The van der Waals surface area contributed by atoms with Gasteiger partial charge in [0.05, 0.1) is 18.9 Å². The number of amidine groups is 1. The Bertz CT molecular complexity index is 1560. The molecule has 0 radical (unpaired) electrons. The topological polar surface area (TPSA) is 144 Å². The van der Waals surface area contributed by atoms with Crippen molar-refractivity contribution in [3.8, 4) is 22.6 Å². The Morgan fingerprint density at radius 2 is 1.62 bits per heavy atom. The Hall–Kier alpha value is -4.38. The minimum atomic E-state index is -3.71. The number of nitrogens with zero attached hydrogens (tertiary/aromatic N) is 3. The van der Waals surface area contributed by atoms with Gasteiger partial charge in [0, 0.05) is 13.5 Å². The average Bonchev–Trinajstić information content (AvgIpc) is 3.52. The number of ether oxygens (including phenoxy) is 1. The Kier molecular flexibility index (Phi) is 8.15. The lowest BCUT2D eigenvalue weighted by Gasteiger charge is -2.29. The van der Waals surface area contributed by atoms with Crippen molar-refractivity contribution in [3.05, 3.63) is 83.9 Å². The zero-order chi connectivity index (χ0) is 29.1. The second-order valence-electron chi connectivity index (χ2n) is 9.52. The minimum Gasteiger partial charge on any atom is -0.497 e. The molecule has 5 rings (SSSR count). The average molecular weight is 565 g/mol. The maximum absolute atomic E-state index is 12.2. The van der Waals surface area contributed by atoms with Crippen LogP contribution < -0.4 is 14.7 Å². The van der Waals surface area contributed by atoms with Crippen molar-refractivity contribution in [1.82, 2.24) is 4.90 Å². The molecule has 2 aliphatic rings. The summed E-state index contributed by atoms with van der Waals surface area (Å²) in [6.07, 6.45) is 0. The summed E-state index contributed by atoms with van der Waals surface area (Å²) in [4.78, 5) is 20.7. The van der Waals surface area contributed by atoms with E-state index in [1.165, 1.54) is 0 Å². The number of hydrogen-bond acceptors (Lipinski definition) is 9. The number of carbonyl (C=O) groups is 1. The van der Waals surface area contributed by atoms with E-state index in [-0.39, 0.29) is 5.75 Å². The summed E-state index contributed by atoms with van der Waals surface area (Å²) < 4.78 is 35.2. The van der Waals surface area contributed by atoms with E-state index in [4.69, 9.17) is 34.5 Å². The predicted molar refractivity (Wildman–Crippen MR) is 154 cm³/mol. The highest BCUT2D eigenvalue weighted by Gasteiger charge is 2.50. The Morgan fingerprint density at radius 3 is 2.25 bits per heavy atom. The summed E-state index contributed by atoms with van der Waals surface area (Å²) in [6.45, 7) is 5.53. The van der Waals surface area contributed by atoms with Crippen molar-refractivity contribution >= 4 is 27.9 Å². The number of methoxy groups -OCH3 is 1. The van der Waals surface area contributed by atoms with Crippen molar-refractivity contribution in [2.24, 2.45) is 15.7 Å². The summed E-state index contributed by atoms with van der Waals surface area (Å²) in [6, 6.07) is 22.9. The van der Waals surface area contributed by atoms with Gasteiger partial charge in [0.25, 0.3) is 5.97 Å². The van der Waals surface area contributed by atoms with Gasteiger partial charge in [-0.1, -0.05) is 42.5 Å². The lowest BCUT2D eigenvalue weighted by atomic mass is 9.81. The molecule has 210 valence electrons. The molecule has 11 heteroatoms. The van der Waals surface area contributed by atoms with Crippen LogP contribution in [0.5, 0.6) is 11.5 Å². The fraction of sp³-hybridized carbons (Fsp3) is 0.276. The lowest BCUT2D eigenvalue weighted by molar-refractivity contribution is -0.134. The number of carboxylic acid groups (broad SMARTS) is 1. The van der Waals surface area contributed by atoms with Crippen LogP contribution >= 0.6 is 0 Å². The summed E-state index contributed by atoms with van der Waals surface area (Å²) in [5, 5.41) is 6.77. The van der Waals surface area contributed by atoms with Crippen LogP contribution in [-0.2, 0) is 20.5 Å². The number of aliphatic carboxylic acids is 1. The van der Waals surface area contributed by atoms with Gasteiger partial charge in [-0.15, -0.1) is 0 Å². The smallest absolute Gasteiger partial charge is 0.311 e. The molecule has 0 bridgehead atoms. The SMILES string of the molecule is CC(=O)O.COc1cccc(-c2cccc(C3(c4ccc(OS(=O)(=O)C(C)C)cc4)N=C(N)N4CCN=C43)c2)c1. The summed E-state index contributed by atoms with van der Waals surface area (Å²) in [5.74, 6) is 1.34. The molecule has 2 heterocycles. The van der Waals surface area contributed by atoms with Gasteiger partial charge < -0.3 is 19.8 Å². The fourth-order valence-corrected chi connectivity index (χ4v) is 5.10. The molecule has 40 heavy (non-hydrogen) atoms. The molecule has 10 nitrogen and oxygen atoms in total. The largest absolute Gasteiger partial charge is 0.497 e. The molecule has 1 unspecified atom stereocenters. The van der Waals surface area contributed by atoms with Crippen LogP contribution in [0.4, 0.5) is 0 Å². The summed E-state index contributed by atoms with van der Waals surface area (Å²) in [7, 11) is -2.06. The van der Waals surface area contributed by atoms with Crippen molar-refractivity contribution in [1.29, 1.82) is 0 Å². The highest BCUT2D eigenvalue weighted by molar-refractivity contribution is 7.87. The zero-order valence-corrected chi connectivity index (χ0v) is 23.6. The number of aliphatic imine (C=N–C) groups is 2. The van der Waals surface area contributed by atoms with Gasteiger partial charge in [0.1, 0.15) is 17.3 Å². The molecule has 2 aliphatic heterocycles. The molecular weight excluding hydrogens is 532 g/mol. The molecule has 3 aromatic carbocycles. The van der Waals surface area contributed by atoms with Gasteiger partial charge in [-0.2, -0.15) is 8.42 Å².